The number of halogens is 1. The maximum absolute atomic E-state index is 12.1. The zero-order valence-corrected chi connectivity index (χ0v) is 11.7. The number of aryl methyl sites for hydroxylation is 2. The molecule has 0 saturated heterocycles. The van der Waals surface area contributed by atoms with Crippen LogP contribution in [0.25, 0.3) is 0 Å². The summed E-state index contributed by atoms with van der Waals surface area (Å²) in [5.74, 6) is -0.0253. The van der Waals surface area contributed by atoms with E-state index in [0.29, 0.717) is 5.69 Å². The Bertz CT molecular complexity index is 422. The van der Waals surface area contributed by atoms with Gasteiger partial charge in [0.15, 0.2) is 0 Å². The number of aromatic nitrogens is 2. The Morgan fingerprint density at radius 3 is 2.72 bits per heavy atom. The van der Waals surface area contributed by atoms with Crippen molar-refractivity contribution in [3.05, 3.63) is 17.5 Å². The fourth-order valence-electron chi connectivity index (χ4n) is 2.37. The highest BCUT2D eigenvalue weighted by molar-refractivity contribution is 6.20. The summed E-state index contributed by atoms with van der Waals surface area (Å²) in [6.07, 6.45) is 4.76. The van der Waals surface area contributed by atoms with Crippen LogP contribution in [-0.4, -0.2) is 27.1 Å². The number of carbonyl (C=O) groups is 1. The lowest BCUT2D eigenvalue weighted by Gasteiger charge is -2.25. The molecule has 5 heteroatoms. The van der Waals surface area contributed by atoms with E-state index in [1.165, 1.54) is 0 Å². The van der Waals surface area contributed by atoms with E-state index in [0.717, 1.165) is 37.8 Å². The molecule has 0 spiro atoms. The SMILES string of the molecule is CCc1cc(C(=O)NC2CCC(Cl)CC2)n(C)n1. The van der Waals surface area contributed by atoms with Crippen LogP contribution in [-0.2, 0) is 13.5 Å². The number of carbonyl (C=O) groups excluding carboxylic acids is 1. The molecule has 0 aliphatic heterocycles. The van der Waals surface area contributed by atoms with E-state index in [4.69, 9.17) is 11.6 Å². The zero-order chi connectivity index (χ0) is 13.1. The molecule has 0 bridgehead atoms. The average molecular weight is 270 g/mol. The second-order valence-corrected chi connectivity index (χ2v) is 5.54. The molecule has 1 amide bonds. The summed E-state index contributed by atoms with van der Waals surface area (Å²) in [7, 11) is 1.81. The second-order valence-electron chi connectivity index (χ2n) is 4.92. The van der Waals surface area contributed by atoms with Crippen LogP contribution < -0.4 is 5.32 Å². The molecule has 0 unspecified atom stereocenters. The molecule has 1 aromatic heterocycles. The quantitative estimate of drug-likeness (QED) is 0.856. The van der Waals surface area contributed by atoms with Crippen molar-refractivity contribution in [1.82, 2.24) is 15.1 Å². The van der Waals surface area contributed by atoms with Crippen LogP contribution in [0.1, 0.15) is 48.8 Å². The molecule has 1 aliphatic rings. The van der Waals surface area contributed by atoms with Gasteiger partial charge in [-0.1, -0.05) is 6.92 Å². The number of nitrogens with zero attached hydrogens (tertiary/aromatic N) is 2. The summed E-state index contributed by atoms with van der Waals surface area (Å²) in [6, 6.07) is 2.12. The molecule has 1 heterocycles. The van der Waals surface area contributed by atoms with Crippen molar-refractivity contribution in [2.75, 3.05) is 0 Å². The van der Waals surface area contributed by atoms with Crippen molar-refractivity contribution in [2.24, 2.45) is 7.05 Å². The number of amides is 1. The molecular formula is C13H20ClN3O. The fourth-order valence-corrected chi connectivity index (χ4v) is 2.62. The summed E-state index contributed by atoms with van der Waals surface area (Å²) in [5, 5.41) is 7.64. The molecule has 1 aliphatic carbocycles. The minimum Gasteiger partial charge on any atom is -0.348 e. The van der Waals surface area contributed by atoms with Crippen LogP contribution >= 0.6 is 11.6 Å². The largest absolute Gasteiger partial charge is 0.348 e. The van der Waals surface area contributed by atoms with Crippen LogP contribution in [0.3, 0.4) is 0 Å². The van der Waals surface area contributed by atoms with Crippen LogP contribution in [0.2, 0.25) is 0 Å². The van der Waals surface area contributed by atoms with Gasteiger partial charge in [0.05, 0.1) is 5.69 Å². The molecule has 2 rings (SSSR count). The van der Waals surface area contributed by atoms with Crippen LogP contribution in [0.4, 0.5) is 0 Å². The molecule has 1 fully saturated rings. The third kappa shape index (κ3) is 3.05. The van der Waals surface area contributed by atoms with Crippen molar-refractivity contribution in [2.45, 2.75) is 50.4 Å². The minimum atomic E-state index is -0.0253. The van der Waals surface area contributed by atoms with Crippen molar-refractivity contribution in [1.29, 1.82) is 0 Å². The van der Waals surface area contributed by atoms with E-state index in [9.17, 15) is 4.79 Å². The first-order chi connectivity index (χ1) is 8.60. The van der Waals surface area contributed by atoms with Gasteiger partial charge < -0.3 is 5.32 Å². The third-order valence-electron chi connectivity index (χ3n) is 3.52. The predicted molar refractivity (Wildman–Crippen MR) is 71.9 cm³/mol. The van der Waals surface area contributed by atoms with Gasteiger partial charge in [-0.15, -0.1) is 11.6 Å². The van der Waals surface area contributed by atoms with E-state index in [1.807, 2.05) is 20.0 Å². The second kappa shape index (κ2) is 5.74. The Labute approximate surface area is 113 Å². The van der Waals surface area contributed by atoms with Crippen LogP contribution in [0.5, 0.6) is 0 Å². The van der Waals surface area contributed by atoms with Crippen molar-refractivity contribution >= 4 is 17.5 Å². The van der Waals surface area contributed by atoms with Crippen LogP contribution in [0.15, 0.2) is 6.07 Å². The maximum Gasteiger partial charge on any atom is 0.269 e. The summed E-state index contributed by atoms with van der Waals surface area (Å²) in [6.45, 7) is 2.03. The number of nitrogens with one attached hydrogen (secondary N) is 1. The van der Waals surface area contributed by atoms with Gasteiger partial charge in [-0.3, -0.25) is 9.48 Å². The van der Waals surface area contributed by atoms with Gasteiger partial charge >= 0.3 is 0 Å². The summed E-state index contributed by atoms with van der Waals surface area (Å²) in [5.41, 5.74) is 1.59. The zero-order valence-electron chi connectivity index (χ0n) is 10.9. The highest BCUT2D eigenvalue weighted by Crippen LogP contribution is 2.23. The molecule has 0 radical (unpaired) electrons. The predicted octanol–water partition coefficient (Wildman–Crippen LogP) is 2.26. The first kappa shape index (κ1) is 13.4. The maximum atomic E-state index is 12.1. The molecule has 1 aromatic rings. The summed E-state index contributed by atoms with van der Waals surface area (Å²) in [4.78, 5) is 12.1. The molecule has 1 saturated carbocycles. The smallest absolute Gasteiger partial charge is 0.269 e. The number of hydrogen-bond acceptors (Lipinski definition) is 2. The standard InChI is InChI=1S/C13H20ClN3O/c1-3-10-8-12(17(2)16-10)13(18)15-11-6-4-9(14)5-7-11/h8-9,11H,3-7H2,1-2H3,(H,15,18). The van der Waals surface area contributed by atoms with Gasteiger partial charge in [0, 0.05) is 18.5 Å². The van der Waals surface area contributed by atoms with E-state index < -0.39 is 0 Å². The van der Waals surface area contributed by atoms with Gasteiger partial charge in [-0.2, -0.15) is 5.10 Å². The molecular weight excluding hydrogens is 250 g/mol. The van der Waals surface area contributed by atoms with E-state index in [1.54, 1.807) is 4.68 Å². The van der Waals surface area contributed by atoms with E-state index in [-0.39, 0.29) is 17.3 Å². The normalized spacial score (nSPS) is 23.9. The Kier molecular flexibility index (Phi) is 4.27. The average Bonchev–Trinajstić information content (AvgIpc) is 2.73. The number of alkyl halides is 1. The Hall–Kier alpha value is -1.03. The Balaban J connectivity index is 1.96. The van der Waals surface area contributed by atoms with Gasteiger partial charge in [0.25, 0.3) is 5.91 Å². The molecule has 0 atom stereocenters. The van der Waals surface area contributed by atoms with Gasteiger partial charge in [-0.05, 0) is 38.2 Å². The van der Waals surface area contributed by atoms with Gasteiger partial charge in [-0.25, -0.2) is 0 Å². The van der Waals surface area contributed by atoms with Crippen molar-refractivity contribution in [3.8, 4) is 0 Å². The third-order valence-corrected chi connectivity index (χ3v) is 3.95. The Morgan fingerprint density at radius 1 is 1.50 bits per heavy atom. The van der Waals surface area contributed by atoms with Crippen molar-refractivity contribution < 1.29 is 4.79 Å². The lowest BCUT2D eigenvalue weighted by Crippen LogP contribution is -2.38. The monoisotopic (exact) mass is 269 g/mol. The fraction of sp³-hybridized carbons (Fsp3) is 0.692. The van der Waals surface area contributed by atoms with Crippen molar-refractivity contribution in [3.63, 3.8) is 0 Å². The van der Waals surface area contributed by atoms with Gasteiger partial charge in [0.1, 0.15) is 5.69 Å². The lowest BCUT2D eigenvalue weighted by molar-refractivity contribution is 0.0918. The summed E-state index contributed by atoms with van der Waals surface area (Å²) >= 11 is 6.06. The highest BCUT2D eigenvalue weighted by atomic mass is 35.5. The molecule has 0 aromatic carbocycles. The first-order valence-corrected chi connectivity index (χ1v) is 7.01. The van der Waals surface area contributed by atoms with E-state index >= 15 is 0 Å². The lowest BCUT2D eigenvalue weighted by atomic mass is 9.95. The van der Waals surface area contributed by atoms with Crippen LogP contribution in [0, 0.1) is 0 Å². The number of rotatable bonds is 3. The number of hydrogen-bond donors (Lipinski definition) is 1. The highest BCUT2D eigenvalue weighted by Gasteiger charge is 2.22. The Morgan fingerprint density at radius 2 is 2.17 bits per heavy atom. The molecule has 1 N–H and O–H groups in total. The molecule has 18 heavy (non-hydrogen) atoms. The molecule has 100 valence electrons. The minimum absolute atomic E-state index is 0.0253. The summed E-state index contributed by atoms with van der Waals surface area (Å²) < 4.78 is 1.65. The first-order valence-electron chi connectivity index (χ1n) is 6.58. The molecule has 4 nitrogen and oxygen atoms in total. The van der Waals surface area contributed by atoms with E-state index in [2.05, 4.69) is 10.4 Å². The van der Waals surface area contributed by atoms with Gasteiger partial charge in [0.2, 0.25) is 0 Å². The topological polar surface area (TPSA) is 46.9 Å².